The molecule has 0 atom stereocenters. The molecule has 2 amide bonds. The topological polar surface area (TPSA) is 40.6 Å². The van der Waals surface area contributed by atoms with Crippen LogP contribution in [0, 0.1) is 13.8 Å². The maximum absolute atomic E-state index is 13.9. The molecule has 0 unspecified atom stereocenters. The molecule has 0 aromatic heterocycles. The van der Waals surface area contributed by atoms with E-state index in [1.165, 1.54) is 10.5 Å². The fourth-order valence-electron chi connectivity index (χ4n) is 4.59. The normalized spacial score (nSPS) is 16.1. The van der Waals surface area contributed by atoms with Gasteiger partial charge >= 0.3 is 0 Å². The first kappa shape index (κ1) is 20.5. The number of imide groups is 1. The second kappa shape index (κ2) is 7.95. The van der Waals surface area contributed by atoms with Gasteiger partial charge in [-0.25, -0.2) is 4.90 Å². The molecule has 32 heavy (non-hydrogen) atoms. The Hall–Kier alpha value is -3.37. The highest BCUT2D eigenvalue weighted by Crippen LogP contribution is 2.40. The average Bonchev–Trinajstić information content (AvgIpc) is 3.05. The van der Waals surface area contributed by atoms with E-state index in [0.717, 1.165) is 29.7 Å². The van der Waals surface area contributed by atoms with Crippen molar-refractivity contribution >= 4 is 40.4 Å². The van der Waals surface area contributed by atoms with Crippen LogP contribution >= 0.6 is 11.6 Å². The molecule has 0 fully saturated rings. The summed E-state index contributed by atoms with van der Waals surface area (Å²) in [6.45, 7) is 4.57. The lowest BCUT2D eigenvalue weighted by Gasteiger charge is -2.32. The number of nitrogens with zero attached hydrogens (tertiary/aromatic N) is 2. The Kier molecular flexibility index (Phi) is 5.10. The van der Waals surface area contributed by atoms with Crippen LogP contribution in [0.4, 0.5) is 11.4 Å². The number of amides is 2. The average molecular weight is 443 g/mol. The number of para-hydroxylation sites is 1. The molecule has 2 aliphatic rings. The van der Waals surface area contributed by atoms with Crippen LogP contribution < -0.4 is 9.80 Å². The van der Waals surface area contributed by atoms with Crippen LogP contribution in [0.15, 0.2) is 72.4 Å². The molecular weight excluding hydrogens is 420 g/mol. The lowest BCUT2D eigenvalue weighted by atomic mass is 9.98. The molecule has 3 aromatic carbocycles. The van der Waals surface area contributed by atoms with Gasteiger partial charge in [0.1, 0.15) is 5.70 Å². The highest BCUT2D eigenvalue weighted by molar-refractivity contribution is 6.46. The summed E-state index contributed by atoms with van der Waals surface area (Å²) in [6, 6.07) is 21.1. The number of fused-ring (bicyclic) bond motifs is 1. The molecule has 0 bridgehead atoms. The van der Waals surface area contributed by atoms with Crippen molar-refractivity contribution in [2.24, 2.45) is 0 Å². The summed E-state index contributed by atoms with van der Waals surface area (Å²) in [5.41, 5.74) is 6.24. The van der Waals surface area contributed by atoms with E-state index in [1.54, 1.807) is 12.1 Å². The molecule has 3 aromatic rings. The van der Waals surface area contributed by atoms with Gasteiger partial charge in [0, 0.05) is 17.3 Å². The molecule has 2 aliphatic heterocycles. The molecule has 0 saturated carbocycles. The lowest BCUT2D eigenvalue weighted by Crippen LogP contribution is -2.37. The second-order valence-electron chi connectivity index (χ2n) is 8.35. The predicted molar refractivity (Wildman–Crippen MR) is 129 cm³/mol. The van der Waals surface area contributed by atoms with Crippen molar-refractivity contribution in [1.82, 2.24) is 0 Å². The minimum Gasteiger partial charge on any atom is -0.336 e. The third-order valence-corrected chi connectivity index (χ3v) is 6.43. The van der Waals surface area contributed by atoms with Crippen LogP contribution in [0.3, 0.4) is 0 Å². The molecule has 0 N–H and O–H groups in total. The first-order chi connectivity index (χ1) is 15.5. The van der Waals surface area contributed by atoms with E-state index in [-0.39, 0.29) is 11.8 Å². The summed E-state index contributed by atoms with van der Waals surface area (Å²) >= 11 is 6.11. The van der Waals surface area contributed by atoms with Gasteiger partial charge in [-0.3, -0.25) is 9.59 Å². The molecular formula is C27H23ClN2O2. The fourth-order valence-corrected chi connectivity index (χ4v) is 4.72. The summed E-state index contributed by atoms with van der Waals surface area (Å²) < 4.78 is 0. The highest BCUT2D eigenvalue weighted by Gasteiger charge is 2.44. The first-order valence-electron chi connectivity index (χ1n) is 10.8. The number of hydrogen-bond acceptors (Lipinski definition) is 3. The Labute approximate surface area is 192 Å². The Morgan fingerprint density at radius 1 is 0.844 bits per heavy atom. The lowest BCUT2D eigenvalue weighted by molar-refractivity contribution is -0.120. The predicted octanol–water partition coefficient (Wildman–Crippen LogP) is 5.69. The van der Waals surface area contributed by atoms with Gasteiger partial charge in [-0.1, -0.05) is 54.1 Å². The molecule has 0 aliphatic carbocycles. The summed E-state index contributed by atoms with van der Waals surface area (Å²) in [6.07, 6.45) is 1.87. The van der Waals surface area contributed by atoms with Gasteiger partial charge in [0.15, 0.2) is 0 Å². The van der Waals surface area contributed by atoms with E-state index in [9.17, 15) is 9.59 Å². The monoisotopic (exact) mass is 442 g/mol. The van der Waals surface area contributed by atoms with Gasteiger partial charge in [0.05, 0.1) is 11.3 Å². The third kappa shape index (κ3) is 3.32. The van der Waals surface area contributed by atoms with Crippen LogP contribution in [0.1, 0.15) is 28.7 Å². The van der Waals surface area contributed by atoms with Crippen molar-refractivity contribution in [2.75, 3.05) is 16.3 Å². The van der Waals surface area contributed by atoms with E-state index in [1.807, 2.05) is 67.3 Å². The van der Waals surface area contributed by atoms with E-state index in [4.69, 9.17) is 11.6 Å². The van der Waals surface area contributed by atoms with Gasteiger partial charge < -0.3 is 4.90 Å². The largest absolute Gasteiger partial charge is 0.336 e. The minimum absolute atomic E-state index is 0.287. The van der Waals surface area contributed by atoms with Gasteiger partial charge in [-0.15, -0.1) is 0 Å². The fraction of sp³-hybridized carbons (Fsp3) is 0.185. The number of carbonyl (C=O) groups is 2. The van der Waals surface area contributed by atoms with Crippen molar-refractivity contribution in [2.45, 2.75) is 26.7 Å². The van der Waals surface area contributed by atoms with Gasteiger partial charge in [-0.2, -0.15) is 0 Å². The van der Waals surface area contributed by atoms with Gasteiger partial charge in [0.25, 0.3) is 11.8 Å². The molecule has 5 rings (SSSR count). The van der Waals surface area contributed by atoms with Crippen LogP contribution in [0.5, 0.6) is 0 Å². The maximum Gasteiger partial charge on any atom is 0.282 e. The number of benzene rings is 3. The SMILES string of the molecule is Cc1ccc(C)c(N2C(=O)C(c3ccc(Cl)cc3)=C(N3CCCc4ccccc43)C2=O)c1. The van der Waals surface area contributed by atoms with Crippen molar-refractivity contribution in [3.8, 4) is 0 Å². The second-order valence-corrected chi connectivity index (χ2v) is 8.79. The summed E-state index contributed by atoms with van der Waals surface area (Å²) in [5, 5.41) is 0.586. The summed E-state index contributed by atoms with van der Waals surface area (Å²) in [4.78, 5) is 31.1. The number of carbonyl (C=O) groups excluding carboxylic acids is 2. The standard InChI is InChI=1S/C27H23ClN2O2/c1-17-9-10-18(2)23(16-17)30-26(31)24(20-11-13-21(28)14-12-20)25(27(30)32)29-15-5-7-19-6-3-4-8-22(19)29/h3-4,6,8-14,16H,5,7,15H2,1-2H3. The van der Waals surface area contributed by atoms with E-state index < -0.39 is 0 Å². The van der Waals surface area contributed by atoms with E-state index in [0.29, 0.717) is 34.1 Å². The number of hydrogen-bond donors (Lipinski definition) is 0. The third-order valence-electron chi connectivity index (χ3n) is 6.18. The van der Waals surface area contributed by atoms with Crippen molar-refractivity contribution in [3.63, 3.8) is 0 Å². The van der Waals surface area contributed by atoms with Crippen LogP contribution in [0.25, 0.3) is 5.57 Å². The number of rotatable bonds is 3. The van der Waals surface area contributed by atoms with Crippen LogP contribution in [0.2, 0.25) is 5.02 Å². The summed E-state index contributed by atoms with van der Waals surface area (Å²) in [5.74, 6) is -0.588. The maximum atomic E-state index is 13.9. The molecule has 0 saturated heterocycles. The van der Waals surface area contributed by atoms with Gasteiger partial charge in [0.2, 0.25) is 0 Å². The molecule has 0 radical (unpaired) electrons. The quantitative estimate of drug-likeness (QED) is 0.489. The van der Waals surface area contributed by atoms with Crippen LogP contribution in [-0.4, -0.2) is 18.4 Å². The Bertz CT molecular complexity index is 1280. The summed E-state index contributed by atoms with van der Waals surface area (Å²) in [7, 11) is 0. The highest BCUT2D eigenvalue weighted by atomic mass is 35.5. The Balaban J connectivity index is 1.72. The molecule has 5 heteroatoms. The van der Waals surface area contributed by atoms with Crippen LogP contribution in [-0.2, 0) is 16.0 Å². The zero-order valence-electron chi connectivity index (χ0n) is 18.1. The smallest absolute Gasteiger partial charge is 0.282 e. The number of anilines is 2. The van der Waals surface area contributed by atoms with E-state index in [2.05, 4.69) is 6.07 Å². The van der Waals surface area contributed by atoms with E-state index >= 15 is 0 Å². The first-order valence-corrected chi connectivity index (χ1v) is 11.1. The van der Waals surface area contributed by atoms with Crippen molar-refractivity contribution < 1.29 is 9.59 Å². The van der Waals surface area contributed by atoms with Crippen molar-refractivity contribution in [1.29, 1.82) is 0 Å². The molecule has 0 spiro atoms. The number of halogens is 1. The molecule has 160 valence electrons. The molecule has 2 heterocycles. The Morgan fingerprint density at radius 3 is 2.38 bits per heavy atom. The zero-order chi connectivity index (χ0) is 22.4. The van der Waals surface area contributed by atoms with Crippen molar-refractivity contribution in [3.05, 3.63) is 99.7 Å². The minimum atomic E-state index is -0.302. The molecule has 4 nitrogen and oxygen atoms in total. The Morgan fingerprint density at radius 2 is 1.59 bits per heavy atom. The number of aryl methyl sites for hydroxylation is 3. The van der Waals surface area contributed by atoms with Gasteiger partial charge in [-0.05, 0) is 73.2 Å². The zero-order valence-corrected chi connectivity index (χ0v) is 18.8.